The normalized spacial score (nSPS) is 12.5. The standard InChI is InChI=1S/C14H9BrClF3/c15-9-3-1-8(2-4-9)5-11(16)10-6-13(18)14(19)7-12(10)17/h1-4,6-7,11H,5H2. The fourth-order valence-electron chi connectivity index (χ4n) is 1.72. The van der Waals surface area contributed by atoms with Crippen LogP contribution >= 0.6 is 27.5 Å². The van der Waals surface area contributed by atoms with Gasteiger partial charge in [-0.25, -0.2) is 13.2 Å². The summed E-state index contributed by atoms with van der Waals surface area (Å²) in [6.45, 7) is 0. The van der Waals surface area contributed by atoms with Crippen molar-refractivity contribution in [2.45, 2.75) is 11.8 Å². The number of rotatable bonds is 3. The molecule has 0 aromatic heterocycles. The van der Waals surface area contributed by atoms with Gasteiger partial charge >= 0.3 is 0 Å². The number of halogens is 5. The van der Waals surface area contributed by atoms with Crippen molar-refractivity contribution in [3.63, 3.8) is 0 Å². The van der Waals surface area contributed by atoms with Gasteiger partial charge in [-0.15, -0.1) is 11.6 Å². The molecule has 2 rings (SSSR count). The zero-order valence-electron chi connectivity index (χ0n) is 9.64. The summed E-state index contributed by atoms with van der Waals surface area (Å²) in [5.74, 6) is -3.15. The predicted molar refractivity (Wildman–Crippen MR) is 72.8 cm³/mol. The third-order valence-electron chi connectivity index (χ3n) is 2.71. The third-order valence-corrected chi connectivity index (χ3v) is 3.62. The molecule has 5 heteroatoms. The summed E-state index contributed by atoms with van der Waals surface area (Å²) in [4.78, 5) is 0. The lowest BCUT2D eigenvalue weighted by atomic mass is 10.0. The molecule has 19 heavy (non-hydrogen) atoms. The van der Waals surface area contributed by atoms with Gasteiger partial charge in [-0.1, -0.05) is 28.1 Å². The third kappa shape index (κ3) is 3.51. The lowest BCUT2D eigenvalue weighted by Gasteiger charge is -2.11. The van der Waals surface area contributed by atoms with Gasteiger partial charge in [0.1, 0.15) is 5.82 Å². The van der Waals surface area contributed by atoms with Gasteiger partial charge in [-0.2, -0.15) is 0 Å². The Hall–Kier alpha value is -1.00. The van der Waals surface area contributed by atoms with Crippen LogP contribution < -0.4 is 0 Å². The zero-order chi connectivity index (χ0) is 14.0. The van der Waals surface area contributed by atoms with Crippen LogP contribution in [0.3, 0.4) is 0 Å². The summed E-state index contributed by atoms with van der Waals surface area (Å²) in [5.41, 5.74) is 0.843. The highest BCUT2D eigenvalue weighted by molar-refractivity contribution is 9.10. The Balaban J connectivity index is 2.22. The van der Waals surface area contributed by atoms with E-state index in [4.69, 9.17) is 11.6 Å². The highest BCUT2D eigenvalue weighted by atomic mass is 79.9. The Bertz CT molecular complexity index is 584. The Morgan fingerprint density at radius 2 is 1.53 bits per heavy atom. The molecule has 0 aliphatic carbocycles. The van der Waals surface area contributed by atoms with Gasteiger partial charge < -0.3 is 0 Å². The van der Waals surface area contributed by atoms with Gasteiger partial charge in [0.2, 0.25) is 0 Å². The fraction of sp³-hybridized carbons (Fsp3) is 0.143. The summed E-state index contributed by atoms with van der Waals surface area (Å²) in [6.07, 6.45) is 0.330. The van der Waals surface area contributed by atoms with E-state index in [2.05, 4.69) is 15.9 Å². The van der Waals surface area contributed by atoms with Crippen LogP contribution in [0, 0.1) is 17.5 Å². The molecule has 0 aliphatic rings. The van der Waals surface area contributed by atoms with Crippen LogP contribution in [0.5, 0.6) is 0 Å². The van der Waals surface area contributed by atoms with Crippen molar-refractivity contribution in [1.82, 2.24) is 0 Å². The van der Waals surface area contributed by atoms with Crippen molar-refractivity contribution in [3.8, 4) is 0 Å². The Morgan fingerprint density at radius 1 is 0.947 bits per heavy atom. The van der Waals surface area contributed by atoms with Crippen LogP contribution in [0.2, 0.25) is 0 Å². The number of hydrogen-bond acceptors (Lipinski definition) is 0. The average molecular weight is 350 g/mol. The number of hydrogen-bond donors (Lipinski definition) is 0. The molecule has 0 radical (unpaired) electrons. The maximum absolute atomic E-state index is 13.5. The molecular weight excluding hydrogens is 341 g/mol. The topological polar surface area (TPSA) is 0 Å². The van der Waals surface area contributed by atoms with Crippen molar-refractivity contribution in [2.75, 3.05) is 0 Å². The molecule has 0 saturated carbocycles. The Kier molecular flexibility index (Phi) is 4.53. The SMILES string of the molecule is Fc1cc(F)c(C(Cl)Cc2ccc(Br)cc2)cc1F. The van der Waals surface area contributed by atoms with E-state index >= 15 is 0 Å². The van der Waals surface area contributed by atoms with E-state index in [-0.39, 0.29) is 5.56 Å². The van der Waals surface area contributed by atoms with E-state index in [0.717, 1.165) is 16.1 Å². The van der Waals surface area contributed by atoms with Crippen molar-refractivity contribution < 1.29 is 13.2 Å². The van der Waals surface area contributed by atoms with Gasteiger partial charge in [-0.05, 0) is 30.2 Å². The Morgan fingerprint density at radius 3 is 2.16 bits per heavy atom. The minimum atomic E-state index is -1.21. The predicted octanol–water partition coefficient (Wildman–Crippen LogP) is 5.39. The monoisotopic (exact) mass is 348 g/mol. The summed E-state index contributed by atoms with van der Waals surface area (Å²) in [6, 6.07) is 8.65. The fourth-order valence-corrected chi connectivity index (χ4v) is 2.33. The minimum Gasteiger partial charge on any atom is -0.207 e. The van der Waals surface area contributed by atoms with Crippen molar-refractivity contribution in [2.24, 2.45) is 0 Å². The molecular formula is C14H9BrClF3. The zero-order valence-corrected chi connectivity index (χ0v) is 12.0. The van der Waals surface area contributed by atoms with Crippen LogP contribution in [0.25, 0.3) is 0 Å². The summed E-state index contributed by atoms with van der Waals surface area (Å²) in [7, 11) is 0. The number of benzene rings is 2. The molecule has 100 valence electrons. The van der Waals surface area contributed by atoms with E-state index < -0.39 is 22.8 Å². The largest absolute Gasteiger partial charge is 0.207 e. The molecule has 0 heterocycles. The van der Waals surface area contributed by atoms with E-state index in [0.29, 0.717) is 12.5 Å². The van der Waals surface area contributed by atoms with Gasteiger partial charge in [0, 0.05) is 16.1 Å². The smallest absolute Gasteiger partial charge is 0.161 e. The van der Waals surface area contributed by atoms with Crippen molar-refractivity contribution in [3.05, 3.63) is 69.4 Å². The van der Waals surface area contributed by atoms with Crippen LogP contribution in [-0.4, -0.2) is 0 Å². The van der Waals surface area contributed by atoms with E-state index in [1.807, 2.05) is 24.3 Å². The molecule has 0 nitrogen and oxygen atoms in total. The molecule has 0 fully saturated rings. The lowest BCUT2D eigenvalue weighted by molar-refractivity contribution is 0.489. The van der Waals surface area contributed by atoms with E-state index in [1.54, 1.807) is 0 Å². The molecule has 0 amide bonds. The lowest BCUT2D eigenvalue weighted by Crippen LogP contribution is -2.01. The molecule has 0 N–H and O–H groups in total. The summed E-state index contributed by atoms with van der Waals surface area (Å²) < 4.78 is 40.4. The molecule has 0 saturated heterocycles. The first-order chi connectivity index (χ1) is 8.97. The van der Waals surface area contributed by atoms with Gasteiger partial charge in [0.05, 0.1) is 5.38 Å². The first kappa shape index (κ1) is 14.4. The Labute approximate surface area is 122 Å². The van der Waals surface area contributed by atoms with Crippen LogP contribution in [0.4, 0.5) is 13.2 Å². The van der Waals surface area contributed by atoms with E-state index in [9.17, 15) is 13.2 Å². The quantitative estimate of drug-likeness (QED) is 0.515. The first-order valence-corrected chi connectivity index (χ1v) is 6.73. The second kappa shape index (κ2) is 5.97. The van der Waals surface area contributed by atoms with E-state index in [1.165, 1.54) is 0 Å². The minimum absolute atomic E-state index is 0.0384. The molecule has 2 aromatic carbocycles. The van der Waals surface area contributed by atoms with Gasteiger partial charge in [0.15, 0.2) is 11.6 Å². The van der Waals surface area contributed by atoms with Crippen molar-refractivity contribution in [1.29, 1.82) is 0 Å². The summed E-state index contributed by atoms with van der Waals surface area (Å²) >= 11 is 9.37. The molecule has 0 aliphatic heterocycles. The van der Waals surface area contributed by atoms with Crippen LogP contribution in [0.15, 0.2) is 40.9 Å². The van der Waals surface area contributed by atoms with Crippen LogP contribution in [-0.2, 0) is 6.42 Å². The maximum atomic E-state index is 13.5. The molecule has 1 atom stereocenters. The maximum Gasteiger partial charge on any atom is 0.161 e. The molecule has 0 bridgehead atoms. The molecule has 0 spiro atoms. The first-order valence-electron chi connectivity index (χ1n) is 5.50. The van der Waals surface area contributed by atoms with Crippen LogP contribution in [0.1, 0.15) is 16.5 Å². The second-order valence-corrected chi connectivity index (χ2v) is 5.53. The number of alkyl halides is 1. The highest BCUT2D eigenvalue weighted by Crippen LogP contribution is 2.29. The van der Waals surface area contributed by atoms with Gasteiger partial charge in [0.25, 0.3) is 0 Å². The second-order valence-electron chi connectivity index (χ2n) is 4.09. The highest BCUT2D eigenvalue weighted by Gasteiger charge is 2.17. The molecule has 1 unspecified atom stereocenters. The summed E-state index contributed by atoms with van der Waals surface area (Å²) in [5, 5.41) is -0.753. The van der Waals surface area contributed by atoms with Crippen molar-refractivity contribution >= 4 is 27.5 Å². The average Bonchev–Trinajstić information content (AvgIpc) is 2.36. The molecule has 2 aromatic rings. The van der Waals surface area contributed by atoms with Gasteiger partial charge in [-0.3, -0.25) is 0 Å².